The first kappa shape index (κ1) is 21.1. The topological polar surface area (TPSA) is 54.5 Å². The van der Waals surface area contributed by atoms with Gasteiger partial charge in [0.05, 0.1) is 33.5 Å². The van der Waals surface area contributed by atoms with E-state index in [0.29, 0.717) is 17.2 Å². The Morgan fingerprint density at radius 3 is 2.03 bits per heavy atom. The molecule has 2 atom stereocenters. The van der Waals surface area contributed by atoms with Crippen LogP contribution >= 0.6 is 11.6 Å². The molecule has 1 heterocycles. The summed E-state index contributed by atoms with van der Waals surface area (Å²) in [6.45, 7) is 0. The van der Waals surface area contributed by atoms with Crippen molar-refractivity contribution in [2.24, 2.45) is 11.8 Å². The van der Waals surface area contributed by atoms with Crippen molar-refractivity contribution in [2.75, 3.05) is 4.90 Å². The number of amides is 2. The van der Waals surface area contributed by atoms with Crippen molar-refractivity contribution < 1.29 is 27.6 Å². The second-order valence-electron chi connectivity index (χ2n) is 8.82. The van der Waals surface area contributed by atoms with Gasteiger partial charge in [-0.2, -0.15) is 13.2 Å². The summed E-state index contributed by atoms with van der Waals surface area (Å²) < 4.78 is 40.5. The van der Waals surface area contributed by atoms with Gasteiger partial charge in [-0.05, 0) is 40.5 Å². The van der Waals surface area contributed by atoms with E-state index in [1.165, 1.54) is 6.07 Å². The Morgan fingerprint density at radius 2 is 1.47 bits per heavy atom. The fourth-order valence-electron chi connectivity index (χ4n) is 6.15. The van der Waals surface area contributed by atoms with Crippen LogP contribution in [-0.2, 0) is 26.0 Å². The van der Waals surface area contributed by atoms with E-state index in [1.807, 2.05) is 24.3 Å². The summed E-state index contributed by atoms with van der Waals surface area (Å²) >= 11 is 5.75. The molecule has 3 aliphatic carbocycles. The number of benzene rings is 3. The number of alkyl halides is 3. The lowest BCUT2D eigenvalue weighted by molar-refractivity contribution is -0.137. The van der Waals surface area contributed by atoms with Gasteiger partial charge in [0.25, 0.3) is 0 Å². The van der Waals surface area contributed by atoms with E-state index in [-0.39, 0.29) is 5.69 Å². The predicted octanol–water partition coefficient (Wildman–Crippen LogP) is 5.11. The monoisotopic (exact) mass is 481 g/mol. The van der Waals surface area contributed by atoms with E-state index in [4.69, 9.17) is 11.6 Å². The molecule has 4 aliphatic rings. The molecule has 34 heavy (non-hydrogen) atoms. The molecule has 1 saturated heterocycles. The van der Waals surface area contributed by atoms with E-state index < -0.39 is 51.7 Å². The molecule has 3 aromatic rings. The molecule has 170 valence electrons. The van der Waals surface area contributed by atoms with E-state index in [9.17, 15) is 27.6 Å². The van der Waals surface area contributed by atoms with Crippen LogP contribution in [0, 0.1) is 11.8 Å². The van der Waals surface area contributed by atoms with Crippen molar-refractivity contribution in [1.29, 1.82) is 0 Å². The molecule has 0 N–H and O–H groups in total. The average molecular weight is 482 g/mol. The Balaban J connectivity index is 1.59. The molecule has 0 saturated carbocycles. The van der Waals surface area contributed by atoms with Crippen LogP contribution < -0.4 is 4.90 Å². The summed E-state index contributed by atoms with van der Waals surface area (Å²) in [5.74, 6) is -3.77. The summed E-state index contributed by atoms with van der Waals surface area (Å²) in [5.41, 5.74) is 0.119. The van der Waals surface area contributed by atoms with Crippen molar-refractivity contribution in [2.45, 2.75) is 17.5 Å². The Hall–Kier alpha value is -3.45. The van der Waals surface area contributed by atoms with Crippen LogP contribution in [0.3, 0.4) is 0 Å². The smallest absolute Gasteiger partial charge is 0.302 e. The zero-order chi connectivity index (χ0) is 24.0. The van der Waals surface area contributed by atoms with Gasteiger partial charge in [-0.1, -0.05) is 60.1 Å². The van der Waals surface area contributed by atoms with Gasteiger partial charge in [0.1, 0.15) is 6.29 Å². The van der Waals surface area contributed by atoms with Gasteiger partial charge in [0, 0.05) is 5.92 Å². The highest BCUT2D eigenvalue weighted by Crippen LogP contribution is 2.63. The number of rotatable bonds is 2. The largest absolute Gasteiger partial charge is 0.417 e. The molecule has 2 amide bonds. The van der Waals surface area contributed by atoms with Crippen LogP contribution in [0.25, 0.3) is 0 Å². The second-order valence-corrected chi connectivity index (χ2v) is 9.22. The van der Waals surface area contributed by atoms with E-state index in [1.54, 1.807) is 24.3 Å². The van der Waals surface area contributed by atoms with Gasteiger partial charge >= 0.3 is 6.18 Å². The molecule has 0 aromatic heterocycles. The molecule has 0 radical (unpaired) electrons. The van der Waals surface area contributed by atoms with Crippen molar-refractivity contribution in [3.63, 3.8) is 0 Å². The molecular weight excluding hydrogens is 467 g/mol. The molecule has 0 spiro atoms. The number of imide groups is 1. The number of hydrogen-bond donors (Lipinski definition) is 0. The highest BCUT2D eigenvalue weighted by atomic mass is 35.5. The van der Waals surface area contributed by atoms with Crippen LogP contribution in [0.4, 0.5) is 18.9 Å². The van der Waals surface area contributed by atoms with Crippen molar-refractivity contribution in [3.8, 4) is 0 Å². The summed E-state index contributed by atoms with van der Waals surface area (Å²) in [7, 11) is 0. The Bertz CT molecular complexity index is 1370. The van der Waals surface area contributed by atoms with Gasteiger partial charge in [-0.25, -0.2) is 4.90 Å². The molecule has 3 aromatic carbocycles. The molecule has 4 nitrogen and oxygen atoms in total. The molecule has 1 fully saturated rings. The van der Waals surface area contributed by atoms with Crippen molar-refractivity contribution in [3.05, 3.63) is 99.6 Å². The summed E-state index contributed by atoms with van der Waals surface area (Å²) in [5, 5.41) is -0.531. The minimum absolute atomic E-state index is 0.213. The van der Waals surface area contributed by atoms with Crippen molar-refractivity contribution >= 4 is 35.4 Å². The zero-order valence-electron chi connectivity index (χ0n) is 17.3. The van der Waals surface area contributed by atoms with Crippen molar-refractivity contribution in [1.82, 2.24) is 0 Å². The maximum Gasteiger partial charge on any atom is 0.417 e. The summed E-state index contributed by atoms with van der Waals surface area (Å²) in [6, 6.07) is 17.4. The van der Waals surface area contributed by atoms with E-state index in [0.717, 1.165) is 28.4 Å². The van der Waals surface area contributed by atoms with E-state index >= 15 is 0 Å². The number of aldehydes is 1. The van der Waals surface area contributed by atoms with Crippen LogP contribution in [0.15, 0.2) is 66.7 Å². The number of halogens is 4. The van der Waals surface area contributed by atoms with Crippen LogP contribution in [0.5, 0.6) is 0 Å². The van der Waals surface area contributed by atoms with Gasteiger partial charge in [-0.3, -0.25) is 9.59 Å². The number of carbonyl (C=O) groups is 3. The maximum atomic E-state index is 13.8. The highest BCUT2D eigenvalue weighted by molar-refractivity contribution is 6.32. The Kier molecular flexibility index (Phi) is 4.22. The number of anilines is 1. The van der Waals surface area contributed by atoms with Crippen LogP contribution in [-0.4, -0.2) is 18.1 Å². The lowest BCUT2D eigenvalue weighted by atomic mass is 9.48. The number of hydrogen-bond acceptors (Lipinski definition) is 3. The molecule has 0 unspecified atom stereocenters. The van der Waals surface area contributed by atoms with Crippen LogP contribution in [0.1, 0.15) is 33.7 Å². The molecule has 8 heteroatoms. The first-order valence-corrected chi connectivity index (χ1v) is 11.0. The minimum Gasteiger partial charge on any atom is -0.302 e. The Morgan fingerprint density at radius 1 is 0.882 bits per heavy atom. The van der Waals surface area contributed by atoms with Gasteiger partial charge < -0.3 is 4.79 Å². The second kappa shape index (κ2) is 6.79. The SMILES string of the molecule is O=CC12c3ccccc3C(c3ccccc31)[C@H]1C(=O)N(c3ccc(Cl)c(C(F)(F)F)c3)C(=O)[C@@H]12. The first-order valence-electron chi connectivity index (χ1n) is 10.6. The fraction of sp³-hybridized carbons (Fsp3) is 0.192. The van der Waals surface area contributed by atoms with Gasteiger partial charge in [0.15, 0.2) is 0 Å². The lowest BCUT2D eigenvalue weighted by Gasteiger charge is -2.51. The third-order valence-electron chi connectivity index (χ3n) is 7.38. The number of carbonyl (C=O) groups excluding carboxylic acids is 3. The minimum atomic E-state index is -4.76. The third kappa shape index (κ3) is 2.42. The Labute approximate surface area is 196 Å². The average Bonchev–Trinajstić information content (AvgIpc) is 3.09. The lowest BCUT2D eigenvalue weighted by Crippen LogP contribution is -2.54. The highest BCUT2D eigenvalue weighted by Gasteiger charge is 2.68. The normalized spacial score (nSPS) is 26.8. The first-order chi connectivity index (χ1) is 16.2. The van der Waals surface area contributed by atoms with Crippen LogP contribution in [0.2, 0.25) is 5.02 Å². The standard InChI is InChI=1S/C26H15ClF3NO3/c27-19-10-9-13(11-18(19)26(28,29)30)31-23(33)21-20-14-5-1-3-7-16(14)25(12-32,22(21)24(31)34)17-8-4-2-6-15(17)20/h1-12,20-22H/t20?,21-,22-,25?/m1/s1. The predicted molar refractivity (Wildman–Crippen MR) is 117 cm³/mol. The quantitative estimate of drug-likeness (QED) is 0.377. The molecule has 7 rings (SSSR count). The summed E-state index contributed by atoms with van der Waals surface area (Å²) in [4.78, 5) is 41.2. The zero-order valence-corrected chi connectivity index (χ0v) is 18.1. The number of nitrogens with zero attached hydrogens (tertiary/aromatic N) is 1. The molecule has 1 aliphatic heterocycles. The van der Waals surface area contributed by atoms with Gasteiger partial charge in [-0.15, -0.1) is 0 Å². The maximum absolute atomic E-state index is 13.8. The third-order valence-corrected chi connectivity index (χ3v) is 7.71. The molecule has 2 bridgehead atoms. The summed E-state index contributed by atoms with van der Waals surface area (Å²) in [6.07, 6.45) is -4.05. The fourth-order valence-corrected chi connectivity index (χ4v) is 6.38. The van der Waals surface area contributed by atoms with Gasteiger partial charge in [0.2, 0.25) is 11.8 Å². The molecular formula is C26H15ClF3NO3. The van der Waals surface area contributed by atoms with E-state index in [2.05, 4.69) is 0 Å².